The van der Waals surface area contributed by atoms with Gasteiger partial charge in [0, 0.05) is 0 Å². The van der Waals surface area contributed by atoms with Gasteiger partial charge >= 0.3 is 0 Å². The van der Waals surface area contributed by atoms with Crippen LogP contribution in [0.5, 0.6) is 0 Å². The Labute approximate surface area is 81.1 Å². The molecular formula is C8H11N5O. The van der Waals surface area contributed by atoms with Crippen molar-refractivity contribution in [3.05, 3.63) is 11.6 Å². The predicted molar refractivity (Wildman–Crippen MR) is 50.6 cm³/mol. The van der Waals surface area contributed by atoms with Crippen LogP contribution in [0.3, 0.4) is 0 Å². The molecule has 0 radical (unpaired) electrons. The number of aromatic nitrogens is 3. The van der Waals surface area contributed by atoms with Gasteiger partial charge in [-0.05, 0) is 20.8 Å². The molecular weight excluding hydrogens is 182 g/mol. The van der Waals surface area contributed by atoms with Crippen LogP contribution in [0.1, 0.15) is 25.5 Å². The van der Waals surface area contributed by atoms with Crippen LogP contribution in [0.15, 0.2) is 5.10 Å². The van der Waals surface area contributed by atoms with Crippen molar-refractivity contribution >= 4 is 11.6 Å². The summed E-state index contributed by atoms with van der Waals surface area (Å²) in [5, 5.41) is 15.7. The van der Waals surface area contributed by atoms with Gasteiger partial charge in [0.25, 0.3) is 5.90 Å². The first-order valence-corrected chi connectivity index (χ1v) is 4.36. The Kier molecular flexibility index (Phi) is 1.83. The quantitative estimate of drug-likeness (QED) is 0.707. The van der Waals surface area contributed by atoms with E-state index in [0.717, 1.165) is 0 Å². The van der Waals surface area contributed by atoms with Crippen LogP contribution >= 0.6 is 0 Å². The molecule has 0 spiro atoms. The summed E-state index contributed by atoms with van der Waals surface area (Å²) in [6.45, 7) is 5.53. The molecule has 0 amide bonds. The van der Waals surface area contributed by atoms with Crippen LogP contribution in [-0.4, -0.2) is 32.6 Å². The molecule has 6 heteroatoms. The summed E-state index contributed by atoms with van der Waals surface area (Å²) < 4.78 is 5.33. The summed E-state index contributed by atoms with van der Waals surface area (Å²) in [6, 6.07) is 0. The lowest BCUT2D eigenvalue weighted by atomic mass is 10.3. The first-order chi connectivity index (χ1) is 6.58. The van der Waals surface area contributed by atoms with Crippen molar-refractivity contribution in [1.29, 1.82) is 5.41 Å². The van der Waals surface area contributed by atoms with E-state index >= 15 is 0 Å². The smallest absolute Gasteiger partial charge is 0.263 e. The fourth-order valence-electron chi connectivity index (χ4n) is 1.17. The van der Waals surface area contributed by atoms with E-state index in [4.69, 9.17) is 10.1 Å². The molecule has 0 aliphatic carbocycles. The van der Waals surface area contributed by atoms with E-state index in [9.17, 15) is 0 Å². The maximum absolute atomic E-state index is 7.72. The van der Waals surface area contributed by atoms with Crippen LogP contribution in [-0.2, 0) is 4.74 Å². The predicted octanol–water partition coefficient (Wildman–Crippen LogP) is 0.555. The van der Waals surface area contributed by atoms with Gasteiger partial charge in [0.2, 0.25) is 5.82 Å². The third-order valence-corrected chi connectivity index (χ3v) is 1.67. The first-order valence-electron chi connectivity index (χ1n) is 4.36. The van der Waals surface area contributed by atoms with Gasteiger partial charge in [0.05, 0.1) is 6.10 Å². The van der Waals surface area contributed by atoms with Crippen molar-refractivity contribution < 1.29 is 4.74 Å². The molecule has 1 aliphatic heterocycles. The Bertz CT molecular complexity index is 417. The summed E-state index contributed by atoms with van der Waals surface area (Å²) in [6.07, 6.45) is -0.000182. The highest BCUT2D eigenvalue weighted by Crippen LogP contribution is 2.10. The van der Waals surface area contributed by atoms with Gasteiger partial charge in [-0.15, -0.1) is 15.0 Å². The first kappa shape index (κ1) is 8.86. The van der Waals surface area contributed by atoms with Gasteiger partial charge < -0.3 is 4.74 Å². The van der Waals surface area contributed by atoms with Crippen molar-refractivity contribution in [1.82, 2.24) is 14.9 Å². The second-order valence-electron chi connectivity index (χ2n) is 3.32. The van der Waals surface area contributed by atoms with E-state index < -0.39 is 0 Å². The lowest BCUT2D eigenvalue weighted by Gasteiger charge is -2.06. The molecule has 6 nitrogen and oxygen atoms in total. The largest absolute Gasteiger partial charge is 0.472 e. The number of aryl methyl sites for hydroxylation is 1. The average Bonchev–Trinajstić information content (AvgIpc) is 2.53. The SMILES string of the molecule is Cc1nc2n(n1)N=C(OC(C)C)C2=N. The molecule has 1 aromatic rings. The molecule has 0 unspecified atom stereocenters. The highest BCUT2D eigenvalue weighted by Gasteiger charge is 2.26. The molecule has 1 N–H and O–H groups in total. The zero-order chi connectivity index (χ0) is 10.3. The summed E-state index contributed by atoms with van der Waals surface area (Å²) in [4.78, 5) is 5.39. The van der Waals surface area contributed by atoms with E-state index in [-0.39, 0.29) is 17.7 Å². The van der Waals surface area contributed by atoms with Gasteiger partial charge in [-0.1, -0.05) is 0 Å². The molecule has 2 heterocycles. The van der Waals surface area contributed by atoms with Crippen molar-refractivity contribution in [2.75, 3.05) is 0 Å². The average molecular weight is 193 g/mol. The molecule has 2 rings (SSSR count). The van der Waals surface area contributed by atoms with Gasteiger partial charge in [-0.3, -0.25) is 5.41 Å². The monoisotopic (exact) mass is 193 g/mol. The van der Waals surface area contributed by atoms with E-state index in [1.807, 2.05) is 13.8 Å². The normalized spacial score (nSPS) is 14.6. The van der Waals surface area contributed by atoms with E-state index in [0.29, 0.717) is 11.6 Å². The van der Waals surface area contributed by atoms with E-state index in [1.54, 1.807) is 6.92 Å². The van der Waals surface area contributed by atoms with Gasteiger partial charge in [-0.25, -0.2) is 4.98 Å². The molecule has 1 aliphatic rings. The number of hydrogen-bond acceptors (Lipinski definition) is 5. The maximum atomic E-state index is 7.72. The van der Waals surface area contributed by atoms with Crippen LogP contribution in [0, 0.1) is 12.3 Å². The summed E-state index contributed by atoms with van der Waals surface area (Å²) in [5.41, 5.74) is 0.194. The second kappa shape index (κ2) is 2.90. The minimum atomic E-state index is -0.000182. The van der Waals surface area contributed by atoms with E-state index in [2.05, 4.69) is 15.2 Å². The van der Waals surface area contributed by atoms with E-state index in [1.165, 1.54) is 4.79 Å². The topological polar surface area (TPSA) is 76.2 Å². The summed E-state index contributed by atoms with van der Waals surface area (Å²) in [7, 11) is 0. The highest BCUT2D eigenvalue weighted by molar-refractivity contribution is 6.44. The minimum absolute atomic E-state index is 0.000182. The fraction of sp³-hybridized carbons (Fsp3) is 0.500. The minimum Gasteiger partial charge on any atom is -0.472 e. The molecule has 0 saturated carbocycles. The van der Waals surface area contributed by atoms with Gasteiger partial charge in [0.1, 0.15) is 0 Å². The molecule has 0 bridgehead atoms. The standard InChI is InChI=1S/C8H11N5O/c1-4(2)14-8-6(9)7-10-5(3)11-13(7)12-8/h4,9H,1-3H3. The summed E-state index contributed by atoms with van der Waals surface area (Å²) >= 11 is 0. The molecule has 0 fully saturated rings. The molecule has 0 saturated heterocycles. The van der Waals surface area contributed by atoms with Crippen LogP contribution < -0.4 is 0 Å². The van der Waals surface area contributed by atoms with Crippen molar-refractivity contribution in [3.63, 3.8) is 0 Å². The lowest BCUT2D eigenvalue weighted by Crippen LogP contribution is -2.18. The Morgan fingerprint density at radius 1 is 1.43 bits per heavy atom. The third kappa shape index (κ3) is 1.28. The molecule has 74 valence electrons. The number of ether oxygens (including phenoxy) is 1. The zero-order valence-electron chi connectivity index (χ0n) is 8.27. The maximum Gasteiger partial charge on any atom is 0.263 e. The second-order valence-corrected chi connectivity index (χ2v) is 3.32. The Hall–Kier alpha value is -1.72. The molecule has 1 aromatic heterocycles. The summed E-state index contributed by atoms with van der Waals surface area (Å²) in [5.74, 6) is 1.34. The Morgan fingerprint density at radius 3 is 2.71 bits per heavy atom. The number of nitrogens with zero attached hydrogens (tertiary/aromatic N) is 4. The number of hydrogen-bond donors (Lipinski definition) is 1. The third-order valence-electron chi connectivity index (χ3n) is 1.67. The highest BCUT2D eigenvalue weighted by atomic mass is 16.5. The number of rotatable bonds is 1. The molecule has 14 heavy (non-hydrogen) atoms. The van der Waals surface area contributed by atoms with Gasteiger partial charge in [0.15, 0.2) is 11.5 Å². The van der Waals surface area contributed by atoms with Gasteiger partial charge in [-0.2, -0.15) is 0 Å². The Morgan fingerprint density at radius 2 is 2.14 bits per heavy atom. The van der Waals surface area contributed by atoms with Crippen molar-refractivity contribution in [2.24, 2.45) is 5.10 Å². The fourth-order valence-corrected chi connectivity index (χ4v) is 1.17. The zero-order valence-corrected chi connectivity index (χ0v) is 8.27. The number of nitrogens with one attached hydrogen (secondary N) is 1. The molecule has 0 aromatic carbocycles. The number of fused-ring (bicyclic) bond motifs is 1. The van der Waals surface area contributed by atoms with Crippen molar-refractivity contribution in [3.8, 4) is 0 Å². The molecule has 0 atom stereocenters. The Balaban J connectivity index is 2.31. The van der Waals surface area contributed by atoms with Crippen LogP contribution in [0.25, 0.3) is 0 Å². The lowest BCUT2D eigenvalue weighted by molar-refractivity contribution is 0.232. The van der Waals surface area contributed by atoms with Crippen molar-refractivity contribution in [2.45, 2.75) is 26.9 Å². The van der Waals surface area contributed by atoms with Crippen LogP contribution in [0.4, 0.5) is 0 Å². The van der Waals surface area contributed by atoms with Crippen LogP contribution in [0.2, 0.25) is 0 Å².